The topological polar surface area (TPSA) is 65.4 Å². The Morgan fingerprint density at radius 1 is 1.21 bits per heavy atom. The zero-order chi connectivity index (χ0) is 20.3. The largest absolute Gasteiger partial charge is 0.416 e. The Balaban J connectivity index is 1.96. The summed E-state index contributed by atoms with van der Waals surface area (Å²) in [5.41, 5.74) is 1.03. The van der Waals surface area contributed by atoms with Gasteiger partial charge in [0.25, 0.3) is 0 Å². The van der Waals surface area contributed by atoms with Crippen LogP contribution in [-0.2, 0) is 6.18 Å². The second-order valence-corrected chi connectivity index (χ2v) is 5.79. The van der Waals surface area contributed by atoms with Crippen molar-refractivity contribution in [1.29, 1.82) is 0 Å². The second kappa shape index (κ2) is 7.63. The third kappa shape index (κ3) is 4.08. The van der Waals surface area contributed by atoms with E-state index in [4.69, 9.17) is 0 Å². The number of hydrogen-bond acceptors (Lipinski definition) is 4. The van der Waals surface area contributed by atoms with Crippen LogP contribution in [-0.4, -0.2) is 29.9 Å². The van der Waals surface area contributed by atoms with Gasteiger partial charge in [0, 0.05) is 24.5 Å². The van der Waals surface area contributed by atoms with Gasteiger partial charge in [-0.2, -0.15) is 13.2 Å². The predicted molar refractivity (Wildman–Crippen MR) is 102 cm³/mol. The number of aromatic amines is 1. The number of benzene rings is 2. The first-order chi connectivity index (χ1) is 13.3. The molecule has 0 saturated carbocycles. The van der Waals surface area contributed by atoms with Crippen molar-refractivity contribution < 1.29 is 17.6 Å². The summed E-state index contributed by atoms with van der Waals surface area (Å²) in [4.78, 5) is 14.6. The third-order valence-corrected chi connectivity index (χ3v) is 3.81. The van der Waals surface area contributed by atoms with E-state index in [0.717, 1.165) is 12.1 Å². The minimum absolute atomic E-state index is 0.0805. The van der Waals surface area contributed by atoms with Gasteiger partial charge in [-0.3, -0.25) is 9.98 Å². The predicted octanol–water partition coefficient (Wildman–Crippen LogP) is 5.04. The van der Waals surface area contributed by atoms with Crippen LogP contribution in [0, 0.1) is 5.82 Å². The summed E-state index contributed by atoms with van der Waals surface area (Å²) >= 11 is 0. The minimum Gasteiger partial charge on any atom is -0.353 e. The van der Waals surface area contributed by atoms with Crippen molar-refractivity contribution in [1.82, 2.24) is 9.97 Å². The molecule has 3 aromatic rings. The first-order valence-electron chi connectivity index (χ1n) is 8.04. The van der Waals surface area contributed by atoms with Crippen LogP contribution in [0.15, 0.2) is 58.3 Å². The summed E-state index contributed by atoms with van der Waals surface area (Å²) in [6, 6.07) is 7.35. The molecule has 1 heterocycles. The minimum atomic E-state index is -4.42. The SMILES string of the molecule is C=N/C=C(\C=N/C)Nc1cc(F)c2nc(-c3ccc(C(F)(F)F)cc3)[nH]c2c1. The molecule has 5 nitrogen and oxygen atoms in total. The molecule has 0 saturated heterocycles. The van der Waals surface area contributed by atoms with Gasteiger partial charge in [0.15, 0.2) is 5.82 Å². The van der Waals surface area contributed by atoms with Gasteiger partial charge in [-0.1, -0.05) is 12.1 Å². The molecule has 144 valence electrons. The number of nitrogens with zero attached hydrogens (tertiary/aromatic N) is 3. The van der Waals surface area contributed by atoms with Crippen LogP contribution < -0.4 is 5.32 Å². The van der Waals surface area contributed by atoms with Crippen molar-refractivity contribution in [3.8, 4) is 11.4 Å². The molecule has 0 atom stereocenters. The number of halogens is 4. The van der Waals surface area contributed by atoms with Gasteiger partial charge in [-0.05, 0) is 31.0 Å². The summed E-state index contributed by atoms with van der Waals surface area (Å²) in [6.45, 7) is 3.36. The highest BCUT2D eigenvalue weighted by atomic mass is 19.4. The van der Waals surface area contributed by atoms with Crippen molar-refractivity contribution in [2.45, 2.75) is 6.18 Å². The molecule has 0 aliphatic heterocycles. The molecule has 2 aromatic carbocycles. The molecular weight excluding hydrogens is 374 g/mol. The van der Waals surface area contributed by atoms with E-state index in [0.29, 0.717) is 22.5 Å². The maximum atomic E-state index is 14.5. The van der Waals surface area contributed by atoms with Crippen molar-refractivity contribution in [3.63, 3.8) is 0 Å². The smallest absolute Gasteiger partial charge is 0.353 e. The number of anilines is 1. The first-order valence-corrected chi connectivity index (χ1v) is 8.04. The van der Waals surface area contributed by atoms with Crippen LogP contribution in [0.4, 0.5) is 23.2 Å². The zero-order valence-electron chi connectivity index (χ0n) is 14.7. The molecule has 0 aliphatic carbocycles. The Morgan fingerprint density at radius 2 is 1.93 bits per heavy atom. The summed E-state index contributed by atoms with van der Waals surface area (Å²) < 4.78 is 52.5. The molecular formula is C19H15F4N5. The number of fused-ring (bicyclic) bond motifs is 1. The fourth-order valence-corrected chi connectivity index (χ4v) is 2.60. The van der Waals surface area contributed by atoms with Gasteiger partial charge in [0.05, 0.1) is 23.0 Å². The average Bonchev–Trinajstić information content (AvgIpc) is 3.06. The quantitative estimate of drug-likeness (QED) is 0.474. The van der Waals surface area contributed by atoms with Crippen LogP contribution in [0.2, 0.25) is 0 Å². The Labute approximate surface area is 157 Å². The molecule has 2 N–H and O–H groups in total. The van der Waals surface area contributed by atoms with E-state index in [9.17, 15) is 17.6 Å². The van der Waals surface area contributed by atoms with E-state index in [-0.39, 0.29) is 11.3 Å². The van der Waals surface area contributed by atoms with Crippen LogP contribution in [0.5, 0.6) is 0 Å². The van der Waals surface area contributed by atoms with Gasteiger partial charge in [-0.25, -0.2) is 9.37 Å². The highest BCUT2D eigenvalue weighted by Gasteiger charge is 2.30. The molecule has 9 heteroatoms. The normalized spacial score (nSPS) is 12.7. The Hall–Kier alpha value is -3.49. The van der Waals surface area contributed by atoms with Gasteiger partial charge in [0.1, 0.15) is 11.3 Å². The highest BCUT2D eigenvalue weighted by Crippen LogP contribution is 2.31. The zero-order valence-corrected chi connectivity index (χ0v) is 14.7. The van der Waals surface area contributed by atoms with E-state index in [1.807, 2.05) is 0 Å². The Morgan fingerprint density at radius 3 is 2.54 bits per heavy atom. The summed E-state index contributed by atoms with van der Waals surface area (Å²) in [5.74, 6) is -0.327. The fourth-order valence-electron chi connectivity index (χ4n) is 2.60. The van der Waals surface area contributed by atoms with Gasteiger partial charge >= 0.3 is 6.18 Å². The van der Waals surface area contributed by atoms with Gasteiger partial charge < -0.3 is 10.3 Å². The molecule has 1 aromatic heterocycles. The van der Waals surface area contributed by atoms with Crippen molar-refractivity contribution in [2.75, 3.05) is 12.4 Å². The third-order valence-electron chi connectivity index (χ3n) is 3.81. The first kappa shape index (κ1) is 19.3. The molecule has 0 amide bonds. The van der Waals surface area contributed by atoms with Gasteiger partial charge in [0.2, 0.25) is 0 Å². The Kier molecular flexibility index (Phi) is 5.25. The van der Waals surface area contributed by atoms with Crippen LogP contribution in [0.25, 0.3) is 22.4 Å². The van der Waals surface area contributed by atoms with E-state index in [1.54, 1.807) is 13.1 Å². The summed E-state index contributed by atoms with van der Waals surface area (Å²) in [7, 11) is 1.58. The van der Waals surface area contributed by atoms with Crippen molar-refractivity contribution in [2.24, 2.45) is 9.98 Å². The van der Waals surface area contributed by atoms with Crippen LogP contribution in [0.3, 0.4) is 0 Å². The number of hydrogen-bond donors (Lipinski definition) is 2. The van der Waals surface area contributed by atoms with Crippen molar-refractivity contribution in [3.05, 3.63) is 59.7 Å². The maximum absolute atomic E-state index is 14.5. The maximum Gasteiger partial charge on any atom is 0.416 e. The van der Waals surface area contributed by atoms with E-state index >= 15 is 0 Å². The highest BCUT2D eigenvalue weighted by molar-refractivity contribution is 5.87. The molecule has 0 fully saturated rings. The number of nitrogens with one attached hydrogen (secondary N) is 2. The van der Waals surface area contributed by atoms with Gasteiger partial charge in [-0.15, -0.1) is 0 Å². The molecule has 0 aliphatic rings. The monoisotopic (exact) mass is 389 g/mol. The molecule has 0 bridgehead atoms. The van der Waals surface area contributed by atoms with Crippen molar-refractivity contribution >= 4 is 29.7 Å². The number of aliphatic imine (C=N–C) groups is 2. The molecule has 28 heavy (non-hydrogen) atoms. The number of imidazole rings is 1. The average molecular weight is 389 g/mol. The molecule has 0 unspecified atom stereocenters. The lowest BCUT2D eigenvalue weighted by molar-refractivity contribution is -0.137. The lowest BCUT2D eigenvalue weighted by atomic mass is 10.1. The molecule has 0 radical (unpaired) electrons. The number of allylic oxidation sites excluding steroid dienone is 1. The second-order valence-electron chi connectivity index (χ2n) is 5.79. The van der Waals surface area contributed by atoms with E-state index in [1.165, 1.54) is 30.6 Å². The lowest BCUT2D eigenvalue weighted by Crippen LogP contribution is -2.04. The van der Waals surface area contributed by atoms with E-state index in [2.05, 4.69) is 32.0 Å². The number of aromatic nitrogens is 2. The fraction of sp³-hybridized carbons (Fsp3) is 0.105. The lowest BCUT2D eigenvalue weighted by Gasteiger charge is -2.06. The molecule has 0 spiro atoms. The van der Waals surface area contributed by atoms with Crippen LogP contribution >= 0.6 is 0 Å². The number of rotatable bonds is 5. The Bertz CT molecular complexity index is 1060. The van der Waals surface area contributed by atoms with E-state index < -0.39 is 17.6 Å². The summed E-state index contributed by atoms with van der Waals surface area (Å²) in [5, 5.41) is 2.95. The summed E-state index contributed by atoms with van der Waals surface area (Å²) in [6.07, 6.45) is -1.50. The number of alkyl halides is 3. The number of H-pyrrole nitrogens is 1. The standard InChI is InChI=1S/C19H15F4N5/c1-24-9-14(10-25-2)26-13-7-15(20)17-16(8-13)27-18(28-17)11-3-5-12(6-4-11)19(21,22)23/h3-10,26H,1H2,2H3,(H,27,28)/b14-9+,25-10-. The van der Waals surface area contributed by atoms with Crippen LogP contribution in [0.1, 0.15) is 5.56 Å². The molecule has 3 rings (SSSR count).